The van der Waals surface area contributed by atoms with E-state index in [4.69, 9.17) is 11.6 Å². The Hall–Kier alpha value is -1.64. The van der Waals surface area contributed by atoms with Crippen molar-refractivity contribution < 1.29 is 8.42 Å². The van der Waals surface area contributed by atoms with Crippen LogP contribution in [-0.4, -0.2) is 36.3 Å². The second kappa shape index (κ2) is 6.88. The summed E-state index contributed by atoms with van der Waals surface area (Å²) in [4.78, 5) is 4.05. The minimum Gasteiger partial charge on any atom is -0.369 e. The first-order chi connectivity index (χ1) is 10.0. The zero-order chi connectivity index (χ0) is 15.3. The van der Waals surface area contributed by atoms with E-state index < -0.39 is 10.0 Å². The van der Waals surface area contributed by atoms with E-state index in [0.29, 0.717) is 18.9 Å². The second-order valence-corrected chi connectivity index (χ2v) is 6.37. The molecule has 2 heterocycles. The third kappa shape index (κ3) is 4.16. The monoisotopic (exact) mass is 329 g/mol. The minimum atomic E-state index is -3.63. The fourth-order valence-corrected chi connectivity index (χ4v) is 2.96. The van der Waals surface area contributed by atoms with Crippen molar-refractivity contribution in [3.63, 3.8) is 0 Å². The van der Waals surface area contributed by atoms with Crippen molar-refractivity contribution >= 4 is 27.4 Å². The lowest BCUT2D eigenvalue weighted by molar-refractivity contribution is 0.560. The SMILES string of the molecule is CCNc1ncc(S(=O)(=O)NCCn2cccn2)cc1Cl. The summed E-state index contributed by atoms with van der Waals surface area (Å²) in [5.41, 5.74) is 0. The molecule has 0 aliphatic heterocycles. The van der Waals surface area contributed by atoms with Crippen LogP contribution in [0.5, 0.6) is 0 Å². The number of nitrogens with one attached hydrogen (secondary N) is 2. The maximum atomic E-state index is 12.1. The predicted octanol–water partition coefficient (Wildman–Crippen LogP) is 1.34. The third-order valence-corrected chi connectivity index (χ3v) is 4.38. The van der Waals surface area contributed by atoms with Crippen molar-refractivity contribution in [1.29, 1.82) is 0 Å². The largest absolute Gasteiger partial charge is 0.369 e. The van der Waals surface area contributed by atoms with Crippen molar-refractivity contribution in [3.05, 3.63) is 35.7 Å². The van der Waals surface area contributed by atoms with Gasteiger partial charge in [-0.3, -0.25) is 4.68 Å². The van der Waals surface area contributed by atoms with E-state index >= 15 is 0 Å². The van der Waals surface area contributed by atoms with Crippen LogP contribution in [0.15, 0.2) is 35.6 Å². The van der Waals surface area contributed by atoms with E-state index in [9.17, 15) is 8.42 Å². The number of rotatable bonds is 7. The van der Waals surface area contributed by atoms with Gasteiger partial charge in [0, 0.05) is 31.7 Å². The van der Waals surface area contributed by atoms with Crippen molar-refractivity contribution in [2.45, 2.75) is 18.4 Å². The Morgan fingerprint density at radius 2 is 2.24 bits per heavy atom. The zero-order valence-corrected chi connectivity index (χ0v) is 13.0. The van der Waals surface area contributed by atoms with E-state index in [2.05, 4.69) is 20.1 Å². The maximum absolute atomic E-state index is 12.1. The van der Waals surface area contributed by atoms with Gasteiger partial charge in [0.05, 0.1) is 11.6 Å². The molecule has 2 aromatic rings. The van der Waals surface area contributed by atoms with Gasteiger partial charge in [-0.1, -0.05) is 11.6 Å². The number of hydrogen-bond acceptors (Lipinski definition) is 5. The molecule has 0 amide bonds. The van der Waals surface area contributed by atoms with Crippen molar-refractivity contribution in [1.82, 2.24) is 19.5 Å². The number of nitrogens with zero attached hydrogens (tertiary/aromatic N) is 3. The van der Waals surface area contributed by atoms with Gasteiger partial charge in [-0.05, 0) is 19.1 Å². The van der Waals surface area contributed by atoms with E-state index in [1.165, 1.54) is 12.3 Å². The average molecular weight is 330 g/mol. The first-order valence-electron chi connectivity index (χ1n) is 6.39. The molecule has 0 fully saturated rings. The van der Waals surface area contributed by atoms with Crippen LogP contribution in [0.25, 0.3) is 0 Å². The molecule has 2 rings (SSSR count). The number of hydrogen-bond donors (Lipinski definition) is 2. The topological polar surface area (TPSA) is 88.9 Å². The van der Waals surface area contributed by atoms with Gasteiger partial charge in [0.25, 0.3) is 0 Å². The molecule has 0 aromatic carbocycles. The molecule has 0 atom stereocenters. The average Bonchev–Trinajstić information content (AvgIpc) is 2.94. The Morgan fingerprint density at radius 3 is 2.86 bits per heavy atom. The Balaban J connectivity index is 2.03. The summed E-state index contributed by atoms with van der Waals surface area (Å²) in [5.74, 6) is 0.467. The zero-order valence-electron chi connectivity index (χ0n) is 11.5. The van der Waals surface area contributed by atoms with Gasteiger partial charge in [-0.2, -0.15) is 5.10 Å². The van der Waals surface area contributed by atoms with Crippen LogP contribution in [0.3, 0.4) is 0 Å². The number of sulfonamides is 1. The molecule has 0 aliphatic rings. The lowest BCUT2D eigenvalue weighted by atomic mass is 10.4. The van der Waals surface area contributed by atoms with Crippen molar-refractivity contribution in [2.75, 3.05) is 18.4 Å². The number of aromatic nitrogens is 3. The fraction of sp³-hybridized carbons (Fsp3) is 0.333. The summed E-state index contributed by atoms with van der Waals surface area (Å²) in [6.07, 6.45) is 4.68. The molecule has 0 radical (unpaired) electrons. The molecule has 114 valence electrons. The smallest absolute Gasteiger partial charge is 0.242 e. The molecular formula is C12H16ClN5O2S. The standard InChI is InChI=1S/C12H16ClN5O2S/c1-2-14-12-11(13)8-10(9-15-12)21(19,20)17-5-7-18-6-3-4-16-18/h3-4,6,8-9,17H,2,5,7H2,1H3,(H,14,15). The van der Waals surface area contributed by atoms with E-state index in [0.717, 1.165) is 0 Å². The summed E-state index contributed by atoms with van der Waals surface area (Å²) >= 11 is 6.00. The Kier molecular flexibility index (Phi) is 5.16. The highest BCUT2D eigenvalue weighted by atomic mass is 35.5. The summed E-state index contributed by atoms with van der Waals surface area (Å²) in [6.45, 7) is 3.24. The molecule has 0 aliphatic carbocycles. The Bertz CT molecular complexity index is 688. The van der Waals surface area contributed by atoms with Crippen LogP contribution in [0.1, 0.15) is 6.92 Å². The van der Waals surface area contributed by atoms with Crippen LogP contribution in [0, 0.1) is 0 Å². The molecule has 0 spiro atoms. The maximum Gasteiger partial charge on any atom is 0.242 e. The molecule has 0 bridgehead atoms. The molecule has 2 N–H and O–H groups in total. The first kappa shape index (κ1) is 15.7. The van der Waals surface area contributed by atoms with Gasteiger partial charge in [0.2, 0.25) is 10.0 Å². The molecule has 2 aromatic heterocycles. The highest BCUT2D eigenvalue weighted by molar-refractivity contribution is 7.89. The van der Waals surface area contributed by atoms with Crippen LogP contribution in [-0.2, 0) is 16.6 Å². The highest BCUT2D eigenvalue weighted by Gasteiger charge is 2.16. The number of halogens is 1. The summed E-state index contributed by atoms with van der Waals surface area (Å²) in [6, 6.07) is 3.15. The van der Waals surface area contributed by atoms with Gasteiger partial charge < -0.3 is 5.32 Å². The molecule has 7 nitrogen and oxygen atoms in total. The quantitative estimate of drug-likeness (QED) is 0.800. The van der Waals surface area contributed by atoms with Gasteiger partial charge >= 0.3 is 0 Å². The van der Waals surface area contributed by atoms with Crippen LogP contribution < -0.4 is 10.0 Å². The van der Waals surface area contributed by atoms with Gasteiger partial charge in [0.1, 0.15) is 10.7 Å². The summed E-state index contributed by atoms with van der Waals surface area (Å²) < 4.78 is 28.4. The lowest BCUT2D eigenvalue weighted by Gasteiger charge is -2.09. The number of pyridine rings is 1. The second-order valence-electron chi connectivity index (χ2n) is 4.20. The Labute approximate surface area is 128 Å². The molecule has 21 heavy (non-hydrogen) atoms. The Morgan fingerprint density at radius 1 is 1.43 bits per heavy atom. The van der Waals surface area contributed by atoms with Crippen LogP contribution >= 0.6 is 11.6 Å². The molecule has 0 unspecified atom stereocenters. The van der Waals surface area contributed by atoms with Crippen LogP contribution in [0.4, 0.5) is 5.82 Å². The summed E-state index contributed by atoms with van der Waals surface area (Å²) in [5, 5.41) is 7.21. The molecule has 0 saturated heterocycles. The third-order valence-electron chi connectivity index (χ3n) is 2.66. The van der Waals surface area contributed by atoms with Crippen molar-refractivity contribution in [3.8, 4) is 0 Å². The number of anilines is 1. The van der Waals surface area contributed by atoms with Gasteiger partial charge in [0.15, 0.2) is 0 Å². The van der Waals surface area contributed by atoms with Crippen molar-refractivity contribution in [2.24, 2.45) is 0 Å². The predicted molar refractivity (Wildman–Crippen MR) is 80.8 cm³/mol. The fourth-order valence-electron chi connectivity index (χ4n) is 1.68. The lowest BCUT2D eigenvalue weighted by Crippen LogP contribution is -2.27. The normalized spacial score (nSPS) is 11.5. The summed E-state index contributed by atoms with van der Waals surface area (Å²) in [7, 11) is -3.63. The van der Waals surface area contributed by atoms with Gasteiger partial charge in [-0.25, -0.2) is 18.1 Å². The minimum absolute atomic E-state index is 0.0367. The first-order valence-corrected chi connectivity index (χ1v) is 8.25. The van der Waals surface area contributed by atoms with E-state index in [1.54, 1.807) is 23.1 Å². The molecular weight excluding hydrogens is 314 g/mol. The highest BCUT2D eigenvalue weighted by Crippen LogP contribution is 2.22. The van der Waals surface area contributed by atoms with Crippen LogP contribution in [0.2, 0.25) is 5.02 Å². The van der Waals surface area contributed by atoms with E-state index in [-0.39, 0.29) is 16.5 Å². The van der Waals surface area contributed by atoms with Gasteiger partial charge in [-0.15, -0.1) is 0 Å². The molecule has 9 heteroatoms. The molecule has 0 saturated carbocycles. The van der Waals surface area contributed by atoms with E-state index in [1.807, 2.05) is 6.92 Å².